The van der Waals surface area contributed by atoms with Crippen molar-refractivity contribution in [3.8, 4) is 0 Å². The van der Waals surface area contributed by atoms with Crippen LogP contribution in [-0.2, 0) is 21.8 Å². The molecule has 180 valence electrons. The molecule has 0 radical (unpaired) electrons. The number of rotatable bonds is 4. The van der Waals surface area contributed by atoms with Crippen LogP contribution in [0.3, 0.4) is 0 Å². The smallest absolute Gasteiger partial charge is 0.352 e. The SMILES string of the molecule is Cc1ccccc1[C@@H]1C(O[C@H](C)c2cc(C(F)(F)F)cc(C(F)(F)F)c2)OCC2CNC[C@H]21. The molecular weight excluding hydrogens is 448 g/mol. The number of halogens is 6. The highest BCUT2D eigenvalue weighted by atomic mass is 19.4. The molecule has 0 bridgehead atoms. The standard InChI is InChI=1S/C24H25F6NO2/c1-13-5-3-4-6-19(13)21-20-11-31-10-16(20)12-32-22(21)33-14(2)15-7-17(23(25,26)27)9-18(8-15)24(28,29)30/h3-9,14,16,20-22,31H,10-12H2,1-2H3/t14-,16?,20-,21+,22?/m1/s1. The van der Waals surface area contributed by atoms with Crippen LogP contribution in [0.25, 0.3) is 0 Å². The quantitative estimate of drug-likeness (QED) is 0.546. The van der Waals surface area contributed by atoms with Crippen LogP contribution < -0.4 is 5.32 Å². The van der Waals surface area contributed by atoms with E-state index in [1.807, 2.05) is 31.2 Å². The van der Waals surface area contributed by atoms with Crippen LogP contribution in [0.5, 0.6) is 0 Å². The van der Waals surface area contributed by atoms with E-state index >= 15 is 0 Å². The van der Waals surface area contributed by atoms with Gasteiger partial charge in [-0.25, -0.2) is 0 Å². The molecule has 2 aromatic rings. The first-order chi connectivity index (χ1) is 15.4. The number of hydrogen-bond donors (Lipinski definition) is 1. The van der Waals surface area contributed by atoms with Crippen molar-refractivity contribution in [1.82, 2.24) is 5.32 Å². The predicted molar refractivity (Wildman–Crippen MR) is 109 cm³/mol. The average molecular weight is 473 g/mol. The van der Waals surface area contributed by atoms with Gasteiger partial charge in [-0.15, -0.1) is 0 Å². The summed E-state index contributed by atoms with van der Waals surface area (Å²) >= 11 is 0. The van der Waals surface area contributed by atoms with Gasteiger partial charge in [-0.1, -0.05) is 24.3 Å². The number of fused-ring (bicyclic) bond motifs is 1. The topological polar surface area (TPSA) is 30.5 Å². The molecule has 2 aromatic carbocycles. The third-order valence-corrected chi connectivity index (χ3v) is 6.59. The fourth-order valence-corrected chi connectivity index (χ4v) is 4.84. The molecule has 2 unspecified atom stereocenters. The van der Waals surface area contributed by atoms with Crippen LogP contribution >= 0.6 is 0 Å². The van der Waals surface area contributed by atoms with E-state index in [0.717, 1.165) is 24.2 Å². The Morgan fingerprint density at radius 2 is 1.61 bits per heavy atom. The summed E-state index contributed by atoms with van der Waals surface area (Å²) in [5, 5.41) is 3.35. The summed E-state index contributed by atoms with van der Waals surface area (Å²) in [5.41, 5.74) is -0.881. The molecule has 0 aliphatic carbocycles. The Balaban J connectivity index is 1.67. The van der Waals surface area contributed by atoms with Crippen LogP contribution in [0.15, 0.2) is 42.5 Å². The van der Waals surface area contributed by atoms with Gasteiger partial charge < -0.3 is 14.8 Å². The van der Waals surface area contributed by atoms with Crippen LogP contribution in [0.2, 0.25) is 0 Å². The average Bonchev–Trinajstić information content (AvgIpc) is 3.21. The van der Waals surface area contributed by atoms with Crippen molar-refractivity contribution in [2.45, 2.75) is 44.5 Å². The van der Waals surface area contributed by atoms with Crippen molar-refractivity contribution in [3.63, 3.8) is 0 Å². The van der Waals surface area contributed by atoms with Gasteiger partial charge >= 0.3 is 12.4 Å². The highest BCUT2D eigenvalue weighted by Crippen LogP contribution is 2.44. The van der Waals surface area contributed by atoms with Crippen molar-refractivity contribution < 1.29 is 35.8 Å². The third-order valence-electron chi connectivity index (χ3n) is 6.59. The maximum Gasteiger partial charge on any atom is 0.416 e. The summed E-state index contributed by atoms with van der Waals surface area (Å²) in [6, 6.07) is 9.29. The lowest BCUT2D eigenvalue weighted by Gasteiger charge is -2.41. The van der Waals surface area contributed by atoms with Gasteiger partial charge in [0.25, 0.3) is 0 Å². The molecule has 0 aromatic heterocycles. The Labute approximate surface area is 188 Å². The molecule has 33 heavy (non-hydrogen) atoms. The number of ether oxygens (including phenoxy) is 2. The maximum absolute atomic E-state index is 13.3. The molecule has 1 N–H and O–H groups in total. The molecule has 2 saturated heterocycles. The van der Waals surface area contributed by atoms with Crippen LogP contribution in [0.4, 0.5) is 26.3 Å². The van der Waals surface area contributed by atoms with Crippen molar-refractivity contribution in [2.24, 2.45) is 11.8 Å². The summed E-state index contributed by atoms with van der Waals surface area (Å²) < 4.78 is 91.8. The highest BCUT2D eigenvalue weighted by molar-refractivity contribution is 5.35. The van der Waals surface area contributed by atoms with Gasteiger partial charge in [0.15, 0.2) is 6.29 Å². The summed E-state index contributed by atoms with van der Waals surface area (Å²) in [7, 11) is 0. The largest absolute Gasteiger partial charge is 0.416 e. The van der Waals surface area contributed by atoms with Gasteiger partial charge in [0.1, 0.15) is 0 Å². The molecular formula is C24H25F6NO2. The van der Waals surface area contributed by atoms with E-state index in [2.05, 4.69) is 5.32 Å². The van der Waals surface area contributed by atoms with E-state index in [0.29, 0.717) is 18.7 Å². The summed E-state index contributed by atoms with van der Waals surface area (Å²) in [6.07, 6.45) is -11.7. The molecule has 4 rings (SSSR count). The van der Waals surface area contributed by atoms with E-state index < -0.39 is 35.9 Å². The minimum atomic E-state index is -4.91. The second-order valence-corrected chi connectivity index (χ2v) is 8.78. The molecule has 3 nitrogen and oxygen atoms in total. The minimum absolute atomic E-state index is 0.123. The minimum Gasteiger partial charge on any atom is -0.352 e. The summed E-state index contributed by atoms with van der Waals surface area (Å²) in [6.45, 7) is 5.35. The first-order valence-corrected chi connectivity index (χ1v) is 10.8. The third kappa shape index (κ3) is 5.05. The lowest BCUT2D eigenvalue weighted by molar-refractivity contribution is -0.217. The van der Waals surface area contributed by atoms with E-state index in [1.54, 1.807) is 0 Å². The monoisotopic (exact) mass is 473 g/mol. The molecule has 0 amide bonds. The van der Waals surface area contributed by atoms with Crippen LogP contribution in [0.1, 0.15) is 46.8 Å². The second kappa shape index (κ2) is 8.92. The van der Waals surface area contributed by atoms with Gasteiger partial charge in [0.05, 0.1) is 23.8 Å². The molecule has 2 aliphatic rings. The Bertz CT molecular complexity index is 957. The van der Waals surface area contributed by atoms with Crippen molar-refractivity contribution in [1.29, 1.82) is 0 Å². The normalized spacial score (nSPS) is 26.8. The van der Waals surface area contributed by atoms with E-state index in [1.165, 1.54) is 6.92 Å². The Kier molecular flexibility index (Phi) is 6.50. The van der Waals surface area contributed by atoms with Gasteiger partial charge in [-0.05, 0) is 67.1 Å². The molecule has 2 aliphatic heterocycles. The lowest BCUT2D eigenvalue weighted by Crippen LogP contribution is -2.42. The lowest BCUT2D eigenvalue weighted by atomic mass is 9.76. The summed E-state index contributed by atoms with van der Waals surface area (Å²) in [5.74, 6) is 0.245. The molecule has 2 fully saturated rings. The van der Waals surface area contributed by atoms with Gasteiger partial charge in [-0.3, -0.25) is 0 Å². The molecule has 2 heterocycles. The molecule has 0 spiro atoms. The van der Waals surface area contributed by atoms with Gasteiger partial charge in [0, 0.05) is 12.5 Å². The van der Waals surface area contributed by atoms with Crippen molar-refractivity contribution >= 4 is 0 Å². The highest BCUT2D eigenvalue weighted by Gasteiger charge is 2.45. The van der Waals surface area contributed by atoms with Crippen LogP contribution in [0, 0.1) is 18.8 Å². The molecule has 5 atom stereocenters. The van der Waals surface area contributed by atoms with Crippen molar-refractivity contribution in [2.75, 3.05) is 19.7 Å². The maximum atomic E-state index is 13.3. The Morgan fingerprint density at radius 1 is 0.970 bits per heavy atom. The first-order valence-electron chi connectivity index (χ1n) is 10.8. The predicted octanol–water partition coefficient (Wildman–Crippen LogP) is 6.09. The molecule has 0 saturated carbocycles. The zero-order valence-electron chi connectivity index (χ0n) is 18.1. The van der Waals surface area contributed by atoms with Gasteiger partial charge in [-0.2, -0.15) is 26.3 Å². The number of benzene rings is 2. The first kappa shape index (κ1) is 24.0. The number of hydrogen-bond acceptors (Lipinski definition) is 3. The van der Waals surface area contributed by atoms with E-state index in [4.69, 9.17) is 9.47 Å². The number of alkyl halides is 6. The Morgan fingerprint density at radius 3 is 2.21 bits per heavy atom. The zero-order valence-corrected chi connectivity index (χ0v) is 18.1. The number of aryl methyl sites for hydroxylation is 1. The zero-order chi connectivity index (χ0) is 24.0. The fraction of sp³-hybridized carbons (Fsp3) is 0.500. The Hall–Kier alpha value is -2.10. The fourth-order valence-electron chi connectivity index (χ4n) is 4.84. The molecule has 9 heteroatoms. The van der Waals surface area contributed by atoms with E-state index in [-0.39, 0.29) is 29.4 Å². The van der Waals surface area contributed by atoms with Gasteiger partial charge in [0.2, 0.25) is 0 Å². The van der Waals surface area contributed by atoms with Crippen molar-refractivity contribution in [3.05, 3.63) is 70.3 Å². The second-order valence-electron chi connectivity index (χ2n) is 8.78. The van der Waals surface area contributed by atoms with E-state index in [9.17, 15) is 26.3 Å². The number of nitrogens with one attached hydrogen (secondary N) is 1. The summed E-state index contributed by atoms with van der Waals surface area (Å²) in [4.78, 5) is 0. The van der Waals surface area contributed by atoms with Crippen LogP contribution in [-0.4, -0.2) is 26.0 Å².